The standard InChI is InChI=1S/C24H16N6.2C24H17N3S.3C2H3N.4F6P.2Ru/c1-5-13-25-17(9-1)21-22(18-10-2-6-14-26-18)30-24(20-12-4-8-16-28-20)23(29-21)19-11-3-7-15-27-19;2*1-28-20-12-10-18(11-13-20)8-9-19-16-23(21-6-2-4-14-25-21)27-24(17-19)22-7-3-5-15-26-22;3*1-2-3;4*1-7(2,3,4,5)6;;/h1-16H;2*2-7,10-17H,1H3;3*1H3;;;;;;/q;;;;;;4*-1;2*+2. The Labute approximate surface area is 731 Å². The number of hydrogen-bond donors (Lipinski definition) is 0. The summed E-state index contributed by atoms with van der Waals surface area (Å²) in [6.07, 6.45) is 18.2. The average molecular weight is 2050 g/mol. The van der Waals surface area contributed by atoms with Crippen LogP contribution in [0.1, 0.15) is 43.0 Å². The zero-order chi connectivity index (χ0) is 92.3. The van der Waals surface area contributed by atoms with Gasteiger partial charge in [-0.1, -0.05) is 72.2 Å². The van der Waals surface area contributed by atoms with Gasteiger partial charge in [0.05, 0.1) is 86.5 Å². The smallest absolute Gasteiger partial charge is 0.255 e. The fourth-order valence-electron chi connectivity index (χ4n) is 8.59. The molecule has 2 aromatic carbocycles. The van der Waals surface area contributed by atoms with Crippen LogP contribution in [0.15, 0.2) is 278 Å². The van der Waals surface area contributed by atoms with E-state index < -0.39 is 31.2 Å². The van der Waals surface area contributed by atoms with E-state index in [0.29, 0.717) is 22.8 Å². The van der Waals surface area contributed by atoms with E-state index >= 15 is 0 Å². The third kappa shape index (κ3) is 54.8. The van der Waals surface area contributed by atoms with Gasteiger partial charge in [0.2, 0.25) is 0 Å². The maximum Gasteiger partial charge on any atom is 2.00 e. The molecule has 0 bridgehead atoms. The molecule has 0 saturated heterocycles. The van der Waals surface area contributed by atoms with Crippen LogP contribution in [0.5, 0.6) is 0 Å². The molecular formula is C78H59F24N15P4Ru2S2. The SMILES string of the molecule is CC#N.CC#N.CC#N.CSc1ccc(C#Cc2cc(-c3ccccn3)nc(-c3ccccn3)c2)cc1.CSc1ccc(C#Cc2cc(-c3ccccn3)nc(-c3ccccn3)c2)cc1.F[P-](F)(F)(F)(F)F.F[P-](F)(F)(F)(F)F.F[P-](F)(F)(F)(F)F.F[P-](F)(F)(F)(F)F.[Ru+2].[Ru+2].c1ccc(-c2nc(-c3ccccn3)c(-c3ccccn3)nc2-c2ccccn2)nc1. The van der Waals surface area contributed by atoms with E-state index in [1.54, 1.807) is 91.3 Å². The van der Waals surface area contributed by atoms with E-state index in [-0.39, 0.29) is 39.0 Å². The van der Waals surface area contributed by atoms with E-state index in [0.717, 1.165) is 90.6 Å². The predicted molar refractivity (Wildman–Crippen MR) is 433 cm³/mol. The van der Waals surface area contributed by atoms with Crippen LogP contribution < -0.4 is 0 Å². The van der Waals surface area contributed by atoms with Crippen LogP contribution in [0.25, 0.3) is 91.1 Å². The van der Waals surface area contributed by atoms with Gasteiger partial charge in [-0.15, -0.1) is 23.5 Å². The number of halogens is 24. The molecule has 662 valence electrons. The number of thioether (sulfide) groups is 2. The number of benzene rings is 2. The van der Waals surface area contributed by atoms with Crippen molar-refractivity contribution in [2.45, 2.75) is 30.6 Å². The summed E-state index contributed by atoms with van der Waals surface area (Å²) < 4.78 is 237. The maximum atomic E-state index is 9.87. The first-order valence-electron chi connectivity index (χ1n) is 33.4. The molecule has 0 unspecified atom stereocenters. The Kier molecular flexibility index (Phi) is 38.1. The summed E-state index contributed by atoms with van der Waals surface area (Å²) in [6, 6.07) is 75.7. The van der Waals surface area contributed by atoms with Gasteiger partial charge in [0.15, 0.2) is 0 Å². The minimum Gasteiger partial charge on any atom is -0.255 e. The van der Waals surface area contributed by atoms with Crippen LogP contribution >= 0.6 is 54.8 Å². The number of hydrogen-bond acceptors (Lipinski definition) is 17. The van der Waals surface area contributed by atoms with E-state index in [1.807, 2.05) is 194 Å². The fraction of sp³-hybridized carbons (Fsp3) is 0.0641. The summed E-state index contributed by atoms with van der Waals surface area (Å²) >= 11 is 3.44. The Bertz CT molecular complexity index is 5190. The molecule has 11 heterocycles. The van der Waals surface area contributed by atoms with E-state index in [9.17, 15) is 101 Å². The molecule has 0 saturated carbocycles. The van der Waals surface area contributed by atoms with Gasteiger partial charge in [-0.05, 0) is 182 Å². The molecule has 0 N–H and O–H groups in total. The Balaban J connectivity index is 0.000000525. The molecule has 0 fully saturated rings. The maximum absolute atomic E-state index is 10.7. The van der Waals surface area contributed by atoms with Crippen LogP contribution in [0.4, 0.5) is 101 Å². The quantitative estimate of drug-likeness (QED) is 0.0408. The molecule has 13 aromatic rings. The van der Waals surface area contributed by atoms with Crippen molar-refractivity contribution < 1.29 is 140 Å². The van der Waals surface area contributed by atoms with Gasteiger partial charge < -0.3 is 0 Å². The number of rotatable bonds is 10. The van der Waals surface area contributed by atoms with Crippen LogP contribution in [-0.2, 0) is 39.0 Å². The van der Waals surface area contributed by atoms with Crippen LogP contribution in [0.3, 0.4) is 0 Å². The molecule has 13 rings (SSSR count). The summed E-state index contributed by atoms with van der Waals surface area (Å²) in [5.74, 6) is 13.0. The molecule has 47 heteroatoms. The predicted octanol–water partition coefficient (Wildman–Crippen LogP) is 30.5. The van der Waals surface area contributed by atoms with E-state index in [1.165, 1.54) is 30.6 Å². The summed E-state index contributed by atoms with van der Waals surface area (Å²) in [7, 11) is -42.6. The minimum atomic E-state index is -10.7. The van der Waals surface area contributed by atoms with Crippen LogP contribution in [0, 0.1) is 57.7 Å². The van der Waals surface area contributed by atoms with Crippen molar-refractivity contribution in [3.63, 3.8) is 0 Å². The largest absolute Gasteiger partial charge is 2.00 e. The third-order valence-corrected chi connectivity index (χ3v) is 14.3. The van der Waals surface area contributed by atoms with Crippen molar-refractivity contribution >= 4 is 54.8 Å². The van der Waals surface area contributed by atoms with Crippen molar-refractivity contribution in [2.24, 2.45) is 0 Å². The van der Waals surface area contributed by atoms with Crippen molar-refractivity contribution in [1.29, 1.82) is 15.8 Å². The van der Waals surface area contributed by atoms with Gasteiger partial charge in [0.1, 0.15) is 22.8 Å². The number of nitrogens with zero attached hydrogens (tertiary/aromatic N) is 15. The average Bonchev–Trinajstić information content (AvgIpc) is 0.777. The first-order chi connectivity index (χ1) is 56.6. The molecule has 11 aromatic heterocycles. The normalized spacial score (nSPS) is 12.5. The van der Waals surface area contributed by atoms with Gasteiger partial charge in [0.25, 0.3) is 0 Å². The zero-order valence-corrected chi connectivity index (χ0v) is 72.7. The van der Waals surface area contributed by atoms with Crippen molar-refractivity contribution in [1.82, 2.24) is 59.8 Å². The minimum absolute atomic E-state index is 0. The topological polar surface area (TPSA) is 226 Å². The van der Waals surface area contributed by atoms with Crippen LogP contribution in [0.2, 0.25) is 0 Å². The molecule has 0 aliphatic heterocycles. The zero-order valence-electron chi connectivity index (χ0n) is 64.0. The second-order valence-corrected chi connectivity index (χ2v) is 32.5. The molecule has 0 aliphatic carbocycles. The van der Waals surface area contributed by atoms with E-state index in [2.05, 4.69) is 100 Å². The van der Waals surface area contributed by atoms with Gasteiger partial charge in [0, 0.05) is 102 Å². The Morgan fingerprint density at radius 2 is 0.376 bits per heavy atom. The molecule has 0 atom stereocenters. The summed E-state index contributed by atoms with van der Waals surface area (Å²) in [6.45, 7) is 4.29. The molecular weight excluding hydrogens is 1990 g/mol. The van der Waals surface area contributed by atoms with Crippen molar-refractivity contribution in [3.05, 3.63) is 290 Å². The Hall–Kier alpha value is -11.4. The number of pyridine rings is 10. The monoisotopic (exact) mass is 2050 g/mol. The van der Waals surface area contributed by atoms with Gasteiger partial charge >= 0.3 is 171 Å². The third-order valence-electron chi connectivity index (χ3n) is 12.8. The summed E-state index contributed by atoms with van der Waals surface area (Å²) in [5.41, 5.74) is 15.6. The molecule has 125 heavy (non-hydrogen) atoms. The number of nitriles is 3. The fourth-order valence-corrected chi connectivity index (χ4v) is 9.40. The van der Waals surface area contributed by atoms with Gasteiger partial charge in [-0.2, -0.15) is 15.8 Å². The summed E-state index contributed by atoms with van der Waals surface area (Å²) in [5, 5.41) is 22.0. The molecule has 0 radical (unpaired) electrons. The molecule has 0 aliphatic rings. The Morgan fingerprint density at radius 3 is 0.520 bits per heavy atom. The second kappa shape index (κ2) is 43.5. The second-order valence-electron chi connectivity index (χ2n) is 23.1. The van der Waals surface area contributed by atoms with Crippen molar-refractivity contribution in [2.75, 3.05) is 12.5 Å². The Morgan fingerprint density at radius 1 is 0.224 bits per heavy atom. The first kappa shape index (κ1) is 110. The summed E-state index contributed by atoms with van der Waals surface area (Å²) in [4.78, 5) is 57.7. The first-order valence-corrected chi connectivity index (χ1v) is 43.9. The molecule has 0 spiro atoms. The van der Waals surface area contributed by atoms with E-state index in [4.69, 9.17) is 35.7 Å². The molecule has 15 nitrogen and oxygen atoms in total. The van der Waals surface area contributed by atoms with Crippen LogP contribution in [-0.4, -0.2) is 72.3 Å². The van der Waals surface area contributed by atoms with Crippen molar-refractivity contribution in [3.8, 4) is 133 Å². The molecule has 0 amide bonds. The number of aromatic nitrogens is 12. The van der Waals surface area contributed by atoms with Gasteiger partial charge in [-0.25, -0.2) is 19.9 Å². The van der Waals surface area contributed by atoms with Gasteiger partial charge in [-0.3, -0.25) is 39.9 Å².